The first kappa shape index (κ1) is 29.4. The summed E-state index contributed by atoms with van der Waals surface area (Å²) in [6.07, 6.45) is 4.30. The van der Waals surface area contributed by atoms with Gasteiger partial charge < -0.3 is 5.32 Å². The summed E-state index contributed by atoms with van der Waals surface area (Å²) < 4.78 is 16.8. The summed E-state index contributed by atoms with van der Waals surface area (Å²) in [6, 6.07) is 27.1. The minimum Gasteiger partial charge on any atom is -0.345 e. The number of nitrogens with one attached hydrogen (secondary N) is 1. The van der Waals surface area contributed by atoms with Crippen LogP contribution in [0, 0.1) is 5.82 Å². The summed E-state index contributed by atoms with van der Waals surface area (Å²) >= 11 is 0. The third-order valence-electron chi connectivity index (χ3n) is 8.42. The van der Waals surface area contributed by atoms with Crippen LogP contribution in [-0.2, 0) is 13.1 Å². The third kappa shape index (κ3) is 6.18. The third-order valence-corrected chi connectivity index (χ3v) is 8.42. The standard InChI is InChI=1S/C36H36FN5O2/c1-2-31(27-10-4-3-5-11-27)39-35(43)34-28-12-6-7-13-29(28)36(44)42(32-15-9-8-14-30(32)37)33(34)25-41-22-20-40(21-23-41)24-26-16-18-38-19-17-26/h3-19,31H,2,20-25H2,1H3,(H,39,43)/t31-/m0/s1. The Hall–Kier alpha value is -4.66. The second-order valence-electron chi connectivity index (χ2n) is 11.2. The highest BCUT2D eigenvalue weighted by molar-refractivity contribution is 6.08. The number of piperazine rings is 1. The van der Waals surface area contributed by atoms with Crippen LogP contribution < -0.4 is 10.9 Å². The zero-order chi connectivity index (χ0) is 30.5. The fourth-order valence-corrected chi connectivity index (χ4v) is 6.09. The van der Waals surface area contributed by atoms with E-state index in [-0.39, 0.29) is 23.2 Å². The number of hydrogen-bond acceptors (Lipinski definition) is 5. The molecule has 0 saturated carbocycles. The van der Waals surface area contributed by atoms with Gasteiger partial charge in [-0.25, -0.2) is 4.39 Å². The molecule has 3 aromatic carbocycles. The fourth-order valence-electron chi connectivity index (χ4n) is 6.09. The zero-order valence-corrected chi connectivity index (χ0v) is 24.8. The maximum Gasteiger partial charge on any atom is 0.263 e. The summed E-state index contributed by atoms with van der Waals surface area (Å²) in [5, 5.41) is 4.18. The number of halogens is 1. The molecule has 5 aromatic rings. The molecular formula is C36H36FN5O2. The monoisotopic (exact) mass is 589 g/mol. The van der Waals surface area contributed by atoms with Gasteiger partial charge in [0, 0.05) is 62.4 Å². The first-order valence-electron chi connectivity index (χ1n) is 15.1. The second kappa shape index (κ2) is 13.3. The van der Waals surface area contributed by atoms with E-state index in [1.165, 1.54) is 16.2 Å². The van der Waals surface area contributed by atoms with Crippen LogP contribution in [0.25, 0.3) is 16.5 Å². The molecule has 224 valence electrons. The summed E-state index contributed by atoms with van der Waals surface area (Å²) in [5.74, 6) is -0.802. The number of fused-ring (bicyclic) bond motifs is 1. The fraction of sp³-hybridized carbons (Fsp3) is 0.250. The van der Waals surface area contributed by atoms with E-state index in [1.54, 1.807) is 42.7 Å². The Morgan fingerprint density at radius 3 is 2.11 bits per heavy atom. The van der Waals surface area contributed by atoms with Gasteiger partial charge >= 0.3 is 0 Å². The van der Waals surface area contributed by atoms with Crippen LogP contribution in [0.2, 0.25) is 0 Å². The van der Waals surface area contributed by atoms with Gasteiger partial charge in [-0.05, 0) is 47.9 Å². The molecule has 2 aromatic heterocycles. The smallest absolute Gasteiger partial charge is 0.263 e. The lowest BCUT2D eigenvalue weighted by molar-refractivity contribution is 0.0930. The van der Waals surface area contributed by atoms with Gasteiger partial charge in [-0.1, -0.05) is 67.6 Å². The Kier molecular flexibility index (Phi) is 8.91. The molecule has 0 unspecified atom stereocenters. The van der Waals surface area contributed by atoms with Gasteiger partial charge in [0.25, 0.3) is 11.5 Å². The Morgan fingerprint density at radius 1 is 0.818 bits per heavy atom. The molecule has 1 aliphatic rings. The maximum absolute atomic E-state index is 15.4. The number of hydrogen-bond donors (Lipinski definition) is 1. The van der Waals surface area contributed by atoms with Gasteiger partial charge in [0.1, 0.15) is 5.82 Å². The molecule has 1 amide bonds. The average molecular weight is 590 g/mol. The molecular weight excluding hydrogens is 553 g/mol. The highest BCUT2D eigenvalue weighted by Crippen LogP contribution is 2.27. The van der Waals surface area contributed by atoms with E-state index in [9.17, 15) is 9.59 Å². The largest absolute Gasteiger partial charge is 0.345 e. The van der Waals surface area contributed by atoms with E-state index in [4.69, 9.17) is 0 Å². The lowest BCUT2D eigenvalue weighted by Crippen LogP contribution is -2.46. The molecule has 0 bridgehead atoms. The van der Waals surface area contributed by atoms with Crippen molar-refractivity contribution >= 4 is 16.7 Å². The predicted octanol–water partition coefficient (Wildman–Crippen LogP) is 5.72. The molecule has 1 aliphatic heterocycles. The van der Waals surface area contributed by atoms with Crippen LogP contribution >= 0.6 is 0 Å². The van der Waals surface area contributed by atoms with Crippen LogP contribution in [0.3, 0.4) is 0 Å². The molecule has 1 saturated heterocycles. The molecule has 3 heterocycles. The van der Waals surface area contributed by atoms with Gasteiger partial charge in [0.15, 0.2) is 0 Å². The molecule has 6 rings (SSSR count). The lowest BCUT2D eigenvalue weighted by Gasteiger charge is -2.35. The number of para-hydroxylation sites is 1. The first-order valence-corrected chi connectivity index (χ1v) is 15.1. The summed E-state index contributed by atoms with van der Waals surface area (Å²) in [6.45, 7) is 6.32. The van der Waals surface area contributed by atoms with Crippen LogP contribution in [0.15, 0.2) is 108 Å². The summed E-state index contributed by atoms with van der Waals surface area (Å²) in [5.41, 5.74) is 2.89. The number of aromatic nitrogens is 2. The second-order valence-corrected chi connectivity index (χ2v) is 11.2. The van der Waals surface area contributed by atoms with E-state index in [0.29, 0.717) is 35.0 Å². The van der Waals surface area contributed by atoms with E-state index < -0.39 is 5.82 Å². The van der Waals surface area contributed by atoms with Crippen LogP contribution in [0.1, 0.15) is 46.6 Å². The van der Waals surface area contributed by atoms with Gasteiger partial charge in [-0.2, -0.15) is 0 Å². The Balaban J connectivity index is 1.41. The number of rotatable bonds is 9. The van der Waals surface area contributed by atoms with Crippen molar-refractivity contribution in [1.82, 2.24) is 24.7 Å². The minimum absolute atomic E-state index is 0.138. The molecule has 44 heavy (non-hydrogen) atoms. The maximum atomic E-state index is 15.4. The number of nitrogens with zero attached hydrogens (tertiary/aromatic N) is 4. The molecule has 0 aliphatic carbocycles. The molecule has 7 nitrogen and oxygen atoms in total. The quantitative estimate of drug-likeness (QED) is 0.238. The van der Waals surface area contributed by atoms with E-state index >= 15 is 4.39 Å². The van der Waals surface area contributed by atoms with Gasteiger partial charge in [-0.3, -0.25) is 28.9 Å². The van der Waals surface area contributed by atoms with E-state index in [2.05, 4.69) is 20.1 Å². The van der Waals surface area contributed by atoms with Gasteiger partial charge in [-0.15, -0.1) is 0 Å². The first-order chi connectivity index (χ1) is 21.5. The molecule has 8 heteroatoms. The van der Waals surface area contributed by atoms with Crippen molar-refractivity contribution in [2.24, 2.45) is 0 Å². The normalized spacial score (nSPS) is 14.9. The summed E-state index contributed by atoms with van der Waals surface area (Å²) in [4.78, 5) is 37.2. The Bertz CT molecular complexity index is 1800. The van der Waals surface area contributed by atoms with Crippen molar-refractivity contribution in [3.05, 3.63) is 142 Å². The Morgan fingerprint density at radius 2 is 1.43 bits per heavy atom. The SMILES string of the molecule is CC[C@H](NC(=O)c1c(CN2CCN(Cc3ccncc3)CC2)n(-c2ccccc2F)c(=O)c2ccccc12)c1ccccc1. The minimum atomic E-state index is -0.518. The molecule has 0 radical (unpaired) electrons. The van der Waals surface area contributed by atoms with Crippen LogP contribution in [0.5, 0.6) is 0 Å². The Labute approximate surface area is 256 Å². The van der Waals surface area contributed by atoms with E-state index in [0.717, 1.165) is 38.3 Å². The molecule has 1 atom stereocenters. The molecule has 0 spiro atoms. The summed E-state index contributed by atoms with van der Waals surface area (Å²) in [7, 11) is 0. The van der Waals surface area contributed by atoms with Gasteiger partial charge in [0.2, 0.25) is 0 Å². The number of carbonyl (C=O) groups is 1. The number of amides is 1. The topological polar surface area (TPSA) is 70.5 Å². The predicted molar refractivity (Wildman–Crippen MR) is 171 cm³/mol. The van der Waals surface area contributed by atoms with Gasteiger partial charge in [0.05, 0.1) is 23.0 Å². The lowest BCUT2D eigenvalue weighted by atomic mass is 9.99. The van der Waals surface area contributed by atoms with Crippen molar-refractivity contribution < 1.29 is 9.18 Å². The van der Waals surface area contributed by atoms with Crippen molar-refractivity contribution in [3.63, 3.8) is 0 Å². The van der Waals surface area contributed by atoms with E-state index in [1.807, 2.05) is 61.5 Å². The highest BCUT2D eigenvalue weighted by atomic mass is 19.1. The van der Waals surface area contributed by atoms with Crippen LogP contribution in [-0.4, -0.2) is 51.4 Å². The molecule has 1 fully saturated rings. The zero-order valence-electron chi connectivity index (χ0n) is 24.8. The molecule has 1 N–H and O–H groups in total. The van der Waals surface area contributed by atoms with Crippen molar-refractivity contribution in [3.8, 4) is 5.69 Å². The number of benzene rings is 3. The van der Waals surface area contributed by atoms with Crippen LogP contribution in [0.4, 0.5) is 4.39 Å². The highest BCUT2D eigenvalue weighted by Gasteiger charge is 2.28. The van der Waals surface area contributed by atoms with Crippen molar-refractivity contribution in [1.29, 1.82) is 0 Å². The average Bonchev–Trinajstić information content (AvgIpc) is 3.06. The number of carbonyl (C=O) groups excluding carboxylic acids is 1. The number of pyridine rings is 2. The van der Waals surface area contributed by atoms with Crippen molar-refractivity contribution in [2.45, 2.75) is 32.5 Å². The van der Waals surface area contributed by atoms with Crippen molar-refractivity contribution in [2.75, 3.05) is 26.2 Å².